The van der Waals surface area contributed by atoms with Gasteiger partial charge in [-0.15, -0.1) is 0 Å². The van der Waals surface area contributed by atoms with E-state index >= 15 is 0 Å². The second-order valence-electron chi connectivity index (χ2n) is 7.53. The highest BCUT2D eigenvalue weighted by Crippen LogP contribution is 2.37. The van der Waals surface area contributed by atoms with Crippen LogP contribution in [0.5, 0.6) is 0 Å². The van der Waals surface area contributed by atoms with E-state index in [4.69, 9.17) is 4.74 Å². The Balaban J connectivity index is 1.65. The normalized spacial score (nSPS) is 21.6. The molecule has 1 spiro atoms. The molecule has 0 aromatic heterocycles. The van der Waals surface area contributed by atoms with Crippen LogP contribution in [-0.4, -0.2) is 42.6 Å². The van der Waals surface area contributed by atoms with Gasteiger partial charge in [0.05, 0.1) is 18.6 Å². The molecule has 0 radical (unpaired) electrons. The first-order chi connectivity index (χ1) is 14.4. The fourth-order valence-corrected chi connectivity index (χ4v) is 3.92. The molecule has 0 aliphatic carbocycles. The Morgan fingerprint density at radius 3 is 2.33 bits per heavy atom. The number of hydrogen-bond acceptors (Lipinski definition) is 3. The van der Waals surface area contributed by atoms with Gasteiger partial charge in [-0.25, -0.2) is 18.5 Å². The third-order valence-electron chi connectivity index (χ3n) is 5.59. The quantitative estimate of drug-likeness (QED) is 0.674. The topological polar surface area (TPSA) is 49.9 Å². The SMILES string of the molecule is CN1C(=O)N(c2c(F)cc(C#Cc3ccccc3)cc2F)C(=O)C[C@]12CCCOC2. The maximum atomic E-state index is 14.8. The Bertz CT molecular complexity index is 1030. The molecule has 5 nitrogen and oxygen atoms in total. The van der Waals surface area contributed by atoms with Crippen molar-refractivity contribution in [1.29, 1.82) is 0 Å². The molecule has 4 rings (SSSR count). The van der Waals surface area contributed by atoms with Crippen molar-refractivity contribution in [3.05, 3.63) is 65.2 Å². The van der Waals surface area contributed by atoms with Gasteiger partial charge in [-0.05, 0) is 37.1 Å². The first-order valence-corrected chi connectivity index (χ1v) is 9.66. The summed E-state index contributed by atoms with van der Waals surface area (Å²) in [5.41, 5.74) is -0.629. The van der Waals surface area contributed by atoms with E-state index < -0.39 is 34.8 Å². The maximum absolute atomic E-state index is 14.8. The van der Waals surface area contributed by atoms with Crippen molar-refractivity contribution in [3.8, 4) is 11.8 Å². The van der Waals surface area contributed by atoms with Gasteiger partial charge in [0.15, 0.2) is 11.6 Å². The number of benzene rings is 2. The minimum atomic E-state index is -1.02. The van der Waals surface area contributed by atoms with Crippen LogP contribution in [0.2, 0.25) is 0 Å². The Kier molecular flexibility index (Phi) is 5.27. The molecule has 2 saturated heterocycles. The van der Waals surface area contributed by atoms with Crippen molar-refractivity contribution in [2.75, 3.05) is 25.2 Å². The lowest BCUT2D eigenvalue weighted by atomic mass is 9.85. The number of anilines is 1. The average molecular weight is 410 g/mol. The molecule has 2 aromatic rings. The molecule has 3 amide bonds. The summed E-state index contributed by atoms with van der Waals surface area (Å²) in [6, 6.07) is 10.3. The number of rotatable bonds is 1. The molecule has 2 aliphatic heterocycles. The number of hydrogen-bond donors (Lipinski definition) is 0. The fourth-order valence-electron chi connectivity index (χ4n) is 3.92. The molecule has 2 aliphatic rings. The number of urea groups is 1. The van der Waals surface area contributed by atoms with Crippen molar-refractivity contribution >= 4 is 17.6 Å². The number of carbonyl (C=O) groups excluding carboxylic acids is 2. The van der Waals surface area contributed by atoms with E-state index in [1.807, 2.05) is 18.2 Å². The second kappa shape index (κ2) is 7.88. The number of nitrogens with zero attached hydrogens (tertiary/aromatic N) is 2. The zero-order valence-corrected chi connectivity index (χ0v) is 16.5. The Hall–Kier alpha value is -3.24. The lowest BCUT2D eigenvalue weighted by Gasteiger charge is -2.49. The molecular formula is C23H20F2N2O3. The first-order valence-electron chi connectivity index (χ1n) is 9.66. The Labute approximate surface area is 173 Å². The van der Waals surface area contributed by atoms with E-state index in [1.54, 1.807) is 12.1 Å². The molecule has 0 saturated carbocycles. The van der Waals surface area contributed by atoms with Crippen molar-refractivity contribution < 1.29 is 23.1 Å². The summed E-state index contributed by atoms with van der Waals surface area (Å²) in [5.74, 6) is 2.85. The minimum Gasteiger partial charge on any atom is -0.379 e. The monoisotopic (exact) mass is 410 g/mol. The molecule has 0 bridgehead atoms. The van der Waals surface area contributed by atoms with E-state index in [0.717, 1.165) is 12.1 Å². The van der Waals surface area contributed by atoms with Gasteiger partial charge in [0.25, 0.3) is 0 Å². The zero-order valence-electron chi connectivity index (χ0n) is 16.5. The Morgan fingerprint density at radius 2 is 1.70 bits per heavy atom. The fraction of sp³-hybridized carbons (Fsp3) is 0.304. The Morgan fingerprint density at radius 1 is 1.03 bits per heavy atom. The molecular weight excluding hydrogens is 390 g/mol. The third-order valence-corrected chi connectivity index (χ3v) is 5.59. The van der Waals surface area contributed by atoms with Gasteiger partial charge >= 0.3 is 6.03 Å². The number of ether oxygens (including phenoxy) is 1. The third kappa shape index (κ3) is 3.55. The van der Waals surface area contributed by atoms with Crippen LogP contribution in [0.1, 0.15) is 30.4 Å². The average Bonchev–Trinajstić information content (AvgIpc) is 2.74. The van der Waals surface area contributed by atoms with Crippen LogP contribution in [0.15, 0.2) is 42.5 Å². The van der Waals surface area contributed by atoms with E-state index in [0.29, 0.717) is 29.9 Å². The van der Waals surface area contributed by atoms with Crippen LogP contribution < -0.4 is 4.90 Å². The number of likely N-dealkylation sites (N-methyl/N-ethyl adjacent to an activating group) is 1. The van der Waals surface area contributed by atoms with Gasteiger partial charge < -0.3 is 9.64 Å². The number of carbonyl (C=O) groups is 2. The molecule has 2 fully saturated rings. The van der Waals surface area contributed by atoms with Gasteiger partial charge in [0, 0.05) is 24.8 Å². The minimum absolute atomic E-state index is 0.0519. The van der Waals surface area contributed by atoms with Crippen molar-refractivity contribution in [1.82, 2.24) is 4.90 Å². The standard InChI is InChI=1S/C23H20F2N2O3/c1-26-22(29)27(20(28)14-23(26)10-5-11-30-15-23)21-18(24)12-17(13-19(21)25)9-8-16-6-3-2-4-7-16/h2-4,6-7,12-13H,5,10-11,14-15H2,1H3/t23-/m0/s1. The highest BCUT2D eigenvalue weighted by Gasteiger charge is 2.50. The highest BCUT2D eigenvalue weighted by atomic mass is 19.1. The molecule has 2 heterocycles. The summed E-state index contributed by atoms with van der Waals surface area (Å²) in [4.78, 5) is 27.7. The first kappa shape index (κ1) is 20.0. The predicted octanol–water partition coefficient (Wildman–Crippen LogP) is 3.70. The smallest absolute Gasteiger partial charge is 0.331 e. The van der Waals surface area contributed by atoms with Crippen molar-refractivity contribution in [3.63, 3.8) is 0 Å². The van der Waals surface area contributed by atoms with Crippen molar-refractivity contribution in [2.24, 2.45) is 0 Å². The van der Waals surface area contributed by atoms with Gasteiger partial charge in [0.1, 0.15) is 5.69 Å². The molecule has 0 N–H and O–H groups in total. The molecule has 1 atom stereocenters. The van der Waals surface area contributed by atoms with Crippen LogP contribution in [0.3, 0.4) is 0 Å². The summed E-state index contributed by atoms with van der Waals surface area (Å²) in [6.07, 6.45) is 1.26. The van der Waals surface area contributed by atoms with Gasteiger partial charge in [-0.3, -0.25) is 4.79 Å². The lowest BCUT2D eigenvalue weighted by molar-refractivity contribution is -0.126. The predicted molar refractivity (Wildman–Crippen MR) is 107 cm³/mol. The maximum Gasteiger partial charge on any atom is 0.331 e. The van der Waals surface area contributed by atoms with E-state index in [2.05, 4.69) is 11.8 Å². The van der Waals surface area contributed by atoms with Gasteiger partial charge in [0.2, 0.25) is 5.91 Å². The molecule has 30 heavy (non-hydrogen) atoms. The summed E-state index contributed by atoms with van der Waals surface area (Å²) >= 11 is 0. The number of imide groups is 1. The van der Waals surface area contributed by atoms with Crippen LogP contribution in [0.25, 0.3) is 0 Å². The molecule has 2 aromatic carbocycles. The summed E-state index contributed by atoms with van der Waals surface area (Å²) in [5, 5.41) is 0. The molecule has 154 valence electrons. The molecule has 0 unspecified atom stereocenters. The number of amides is 3. The summed E-state index contributed by atoms with van der Waals surface area (Å²) in [7, 11) is 1.53. The largest absolute Gasteiger partial charge is 0.379 e. The van der Waals surface area contributed by atoms with E-state index in [9.17, 15) is 18.4 Å². The van der Waals surface area contributed by atoms with E-state index in [-0.39, 0.29) is 18.6 Å². The molecule has 7 heteroatoms. The van der Waals surface area contributed by atoms with E-state index in [1.165, 1.54) is 11.9 Å². The van der Waals surface area contributed by atoms with Gasteiger partial charge in [-0.2, -0.15) is 0 Å². The number of halogens is 2. The van der Waals surface area contributed by atoms with Crippen LogP contribution in [0, 0.1) is 23.5 Å². The van der Waals surface area contributed by atoms with Crippen molar-refractivity contribution in [2.45, 2.75) is 24.8 Å². The lowest BCUT2D eigenvalue weighted by Crippen LogP contribution is -2.65. The van der Waals surface area contributed by atoms with Crippen LogP contribution in [0.4, 0.5) is 19.3 Å². The summed E-state index contributed by atoms with van der Waals surface area (Å²) in [6.45, 7) is 0.796. The van der Waals surface area contributed by atoms with Crippen LogP contribution in [-0.2, 0) is 9.53 Å². The zero-order chi connectivity index (χ0) is 21.3. The second-order valence-corrected chi connectivity index (χ2v) is 7.53. The highest BCUT2D eigenvalue weighted by molar-refractivity contribution is 6.16. The van der Waals surface area contributed by atoms with Gasteiger partial charge in [-0.1, -0.05) is 30.0 Å². The summed E-state index contributed by atoms with van der Waals surface area (Å²) < 4.78 is 35.1. The van der Waals surface area contributed by atoms with Crippen LogP contribution >= 0.6 is 0 Å².